The van der Waals surface area contributed by atoms with Gasteiger partial charge >= 0.3 is 0 Å². The van der Waals surface area contributed by atoms with Gasteiger partial charge in [-0.3, -0.25) is 4.79 Å². The zero-order valence-electron chi connectivity index (χ0n) is 18.5. The Hall–Kier alpha value is -3.30. The number of ether oxygens (including phenoxy) is 2. The van der Waals surface area contributed by atoms with E-state index in [0.29, 0.717) is 41.4 Å². The van der Waals surface area contributed by atoms with Crippen LogP contribution in [0.2, 0.25) is 0 Å². The van der Waals surface area contributed by atoms with Gasteiger partial charge in [0.1, 0.15) is 12.3 Å². The topological polar surface area (TPSA) is 91.2 Å². The number of methoxy groups -OCH3 is 1. The van der Waals surface area contributed by atoms with Crippen LogP contribution in [0.3, 0.4) is 0 Å². The second-order valence-corrected chi connectivity index (χ2v) is 8.82. The maximum atomic E-state index is 13.4. The van der Waals surface area contributed by atoms with E-state index in [2.05, 4.69) is 15.4 Å². The third kappa shape index (κ3) is 4.49. The number of carbonyl (C=O) groups is 1. The summed E-state index contributed by atoms with van der Waals surface area (Å²) in [4.78, 5) is 24.6. The molecule has 32 heavy (non-hydrogen) atoms. The maximum absolute atomic E-state index is 13.4. The van der Waals surface area contributed by atoms with Crippen molar-refractivity contribution in [2.24, 2.45) is 0 Å². The lowest BCUT2D eigenvalue weighted by molar-refractivity contribution is 0.102. The van der Waals surface area contributed by atoms with E-state index in [1.165, 1.54) is 4.88 Å². The van der Waals surface area contributed by atoms with E-state index in [9.17, 15) is 4.79 Å². The predicted octanol–water partition coefficient (Wildman–Crippen LogP) is 4.72. The van der Waals surface area contributed by atoms with Crippen molar-refractivity contribution in [2.45, 2.75) is 26.8 Å². The zero-order chi connectivity index (χ0) is 22.7. The molecule has 0 saturated heterocycles. The molecule has 4 aromatic heterocycles. The Labute approximate surface area is 190 Å². The first-order valence-corrected chi connectivity index (χ1v) is 11.1. The minimum Gasteiger partial charge on any atom is -0.474 e. The Morgan fingerprint density at radius 1 is 1.25 bits per heavy atom. The molecule has 1 amide bonds. The van der Waals surface area contributed by atoms with Crippen LogP contribution >= 0.6 is 11.3 Å². The summed E-state index contributed by atoms with van der Waals surface area (Å²) in [6.07, 6.45) is 3.31. The molecule has 0 saturated carbocycles. The fourth-order valence-electron chi connectivity index (χ4n) is 3.29. The largest absolute Gasteiger partial charge is 0.474 e. The highest BCUT2D eigenvalue weighted by Gasteiger charge is 2.20. The lowest BCUT2D eigenvalue weighted by atomic mass is 10.1. The van der Waals surface area contributed by atoms with E-state index in [1.54, 1.807) is 43.0 Å². The number of rotatable bonds is 8. The Bertz CT molecular complexity index is 1250. The number of aromatic nitrogens is 4. The Balaban J connectivity index is 1.74. The van der Waals surface area contributed by atoms with Crippen LogP contribution in [0.15, 0.2) is 42.7 Å². The predicted molar refractivity (Wildman–Crippen MR) is 126 cm³/mol. The van der Waals surface area contributed by atoms with Crippen molar-refractivity contribution in [3.8, 4) is 16.5 Å². The molecular formula is C23H25N5O3S. The highest BCUT2D eigenvalue weighted by Crippen LogP contribution is 2.31. The van der Waals surface area contributed by atoms with Crippen LogP contribution in [0.25, 0.3) is 21.6 Å². The molecule has 1 N–H and O–H groups in total. The van der Waals surface area contributed by atoms with E-state index in [0.717, 1.165) is 10.6 Å². The number of pyridine rings is 2. The van der Waals surface area contributed by atoms with Gasteiger partial charge in [0.15, 0.2) is 5.65 Å². The average Bonchev–Trinajstić information content (AvgIpc) is 3.40. The molecule has 166 valence electrons. The molecule has 0 radical (unpaired) electrons. The molecule has 0 aromatic carbocycles. The van der Waals surface area contributed by atoms with Gasteiger partial charge in [-0.25, -0.2) is 14.6 Å². The van der Waals surface area contributed by atoms with Crippen LogP contribution in [0, 0.1) is 6.92 Å². The molecule has 9 heteroatoms. The number of nitrogens with one attached hydrogen (secondary N) is 1. The fraction of sp³-hybridized carbons (Fsp3) is 0.304. The molecular weight excluding hydrogens is 426 g/mol. The van der Waals surface area contributed by atoms with Gasteiger partial charge < -0.3 is 14.8 Å². The normalized spacial score (nSPS) is 11.3. The number of hydrogen-bond donors (Lipinski definition) is 1. The molecule has 0 atom stereocenters. The first kappa shape index (κ1) is 21.9. The third-order valence-corrected chi connectivity index (χ3v) is 5.86. The molecule has 4 rings (SSSR count). The summed E-state index contributed by atoms with van der Waals surface area (Å²) in [5.41, 5.74) is 2.40. The second-order valence-electron chi connectivity index (χ2n) is 7.54. The first-order chi connectivity index (χ1) is 15.5. The lowest BCUT2D eigenvalue weighted by Gasteiger charge is -2.12. The van der Waals surface area contributed by atoms with E-state index < -0.39 is 0 Å². The molecule has 4 heterocycles. The van der Waals surface area contributed by atoms with E-state index in [-0.39, 0.29) is 11.9 Å². The summed E-state index contributed by atoms with van der Waals surface area (Å²) in [7, 11) is 1.60. The fourth-order valence-corrected chi connectivity index (χ4v) is 4.12. The molecule has 0 aliphatic carbocycles. The van der Waals surface area contributed by atoms with Crippen LogP contribution in [0.5, 0.6) is 5.88 Å². The highest BCUT2D eigenvalue weighted by molar-refractivity contribution is 7.15. The standard InChI is InChI=1S/C23H25N5O3S/c1-14(2)28-21-17(13-25-28)16(12-19(26-21)20-8-7-15(3)32-20)22(29)27-18-6-5-9-24-23(18)31-11-10-30-4/h5-9,12-14H,10-11H2,1-4H3,(H,27,29). The molecule has 0 aliphatic heterocycles. The number of nitrogens with zero attached hydrogens (tertiary/aromatic N) is 4. The number of carbonyl (C=O) groups excluding carboxylic acids is 1. The molecule has 8 nitrogen and oxygen atoms in total. The van der Waals surface area contributed by atoms with Gasteiger partial charge in [-0.1, -0.05) is 0 Å². The number of thiophene rings is 1. The van der Waals surface area contributed by atoms with Crippen molar-refractivity contribution in [3.63, 3.8) is 0 Å². The van der Waals surface area contributed by atoms with Crippen molar-refractivity contribution in [2.75, 3.05) is 25.6 Å². The first-order valence-electron chi connectivity index (χ1n) is 10.3. The van der Waals surface area contributed by atoms with Crippen molar-refractivity contribution in [1.82, 2.24) is 19.7 Å². The van der Waals surface area contributed by atoms with Gasteiger partial charge in [0.05, 0.1) is 34.3 Å². The summed E-state index contributed by atoms with van der Waals surface area (Å²) >= 11 is 1.64. The van der Waals surface area contributed by atoms with Crippen molar-refractivity contribution in [1.29, 1.82) is 0 Å². The molecule has 4 aromatic rings. The summed E-state index contributed by atoms with van der Waals surface area (Å²) in [6.45, 7) is 6.88. The second kappa shape index (κ2) is 9.46. The molecule has 0 bridgehead atoms. The minimum atomic E-state index is -0.278. The summed E-state index contributed by atoms with van der Waals surface area (Å²) in [5, 5.41) is 8.11. The van der Waals surface area contributed by atoms with Gasteiger partial charge in [0.2, 0.25) is 5.88 Å². The van der Waals surface area contributed by atoms with E-state index in [1.807, 2.05) is 43.7 Å². The van der Waals surface area contributed by atoms with Gasteiger partial charge in [0.25, 0.3) is 5.91 Å². The average molecular weight is 452 g/mol. The molecule has 0 unspecified atom stereocenters. The van der Waals surface area contributed by atoms with Crippen LogP contribution in [0.4, 0.5) is 5.69 Å². The van der Waals surface area contributed by atoms with Crippen LogP contribution < -0.4 is 10.1 Å². The lowest BCUT2D eigenvalue weighted by Crippen LogP contribution is -2.15. The number of hydrogen-bond acceptors (Lipinski definition) is 7. The Kier molecular flexibility index (Phi) is 6.48. The third-order valence-electron chi connectivity index (χ3n) is 4.84. The zero-order valence-corrected chi connectivity index (χ0v) is 19.3. The number of fused-ring (bicyclic) bond motifs is 1. The maximum Gasteiger partial charge on any atom is 0.256 e. The molecule has 0 aliphatic rings. The smallest absolute Gasteiger partial charge is 0.256 e. The van der Waals surface area contributed by atoms with Gasteiger partial charge in [-0.15, -0.1) is 11.3 Å². The quantitative estimate of drug-likeness (QED) is 0.390. The summed E-state index contributed by atoms with van der Waals surface area (Å²) < 4.78 is 12.5. The van der Waals surface area contributed by atoms with E-state index in [4.69, 9.17) is 14.5 Å². The highest BCUT2D eigenvalue weighted by atomic mass is 32.1. The van der Waals surface area contributed by atoms with Crippen molar-refractivity contribution < 1.29 is 14.3 Å². The monoisotopic (exact) mass is 451 g/mol. The molecule has 0 fully saturated rings. The van der Waals surface area contributed by atoms with E-state index >= 15 is 0 Å². The Morgan fingerprint density at radius 3 is 2.81 bits per heavy atom. The van der Waals surface area contributed by atoms with Gasteiger partial charge in [0, 0.05) is 24.2 Å². The van der Waals surface area contributed by atoms with Crippen LogP contribution in [-0.2, 0) is 4.74 Å². The Morgan fingerprint density at radius 2 is 2.09 bits per heavy atom. The number of aryl methyl sites for hydroxylation is 1. The van der Waals surface area contributed by atoms with Crippen LogP contribution in [-0.4, -0.2) is 46.0 Å². The van der Waals surface area contributed by atoms with Crippen molar-refractivity contribution >= 4 is 34.0 Å². The van der Waals surface area contributed by atoms with Crippen LogP contribution in [0.1, 0.15) is 35.1 Å². The number of amides is 1. The summed E-state index contributed by atoms with van der Waals surface area (Å²) in [5.74, 6) is 0.0648. The summed E-state index contributed by atoms with van der Waals surface area (Å²) in [6, 6.07) is 9.50. The van der Waals surface area contributed by atoms with Gasteiger partial charge in [-0.05, 0) is 51.1 Å². The minimum absolute atomic E-state index is 0.107. The van der Waals surface area contributed by atoms with Gasteiger partial charge in [-0.2, -0.15) is 5.10 Å². The van der Waals surface area contributed by atoms with Crippen molar-refractivity contribution in [3.05, 3.63) is 53.2 Å². The SMILES string of the molecule is COCCOc1ncccc1NC(=O)c1cc(-c2ccc(C)s2)nc2c1cnn2C(C)C. The molecule has 0 spiro atoms. The number of anilines is 1.